The number of halogens is 1. The smallest absolute Gasteiger partial charge is 0.113 e. The van der Waals surface area contributed by atoms with Crippen LogP contribution in [0.5, 0.6) is 0 Å². The van der Waals surface area contributed by atoms with Crippen LogP contribution in [-0.4, -0.2) is 19.7 Å². The normalized spacial score (nSPS) is 15.1. The van der Waals surface area contributed by atoms with Crippen LogP contribution in [0, 0.1) is 5.92 Å². The minimum atomic E-state index is 0.486. The Labute approximate surface area is 105 Å². The molecule has 3 rings (SSSR count). The molecular weight excluding hydrogens is 236 g/mol. The molecule has 0 atom stereocenters. The molecule has 0 unspecified atom stereocenters. The van der Waals surface area contributed by atoms with Gasteiger partial charge in [0.15, 0.2) is 0 Å². The molecule has 5 heteroatoms. The van der Waals surface area contributed by atoms with Crippen molar-refractivity contribution in [3.63, 3.8) is 0 Å². The van der Waals surface area contributed by atoms with Crippen LogP contribution in [0.1, 0.15) is 18.5 Å². The molecule has 0 aliphatic heterocycles. The highest BCUT2D eigenvalue weighted by molar-refractivity contribution is 6.16. The lowest BCUT2D eigenvalue weighted by Gasteiger charge is -2.02. The molecule has 88 valence electrons. The van der Waals surface area contributed by atoms with Crippen LogP contribution < -0.4 is 0 Å². The predicted octanol–water partition coefficient (Wildman–Crippen LogP) is 2.49. The van der Waals surface area contributed by atoms with Crippen LogP contribution in [-0.2, 0) is 12.4 Å². The lowest BCUT2D eigenvalue weighted by Crippen LogP contribution is -2.05. The van der Waals surface area contributed by atoms with Crippen LogP contribution in [0.2, 0.25) is 0 Å². The van der Waals surface area contributed by atoms with Crippen LogP contribution in [0.15, 0.2) is 24.7 Å². The second-order valence-corrected chi connectivity index (χ2v) is 4.64. The van der Waals surface area contributed by atoms with Gasteiger partial charge in [0.25, 0.3) is 0 Å². The van der Waals surface area contributed by atoms with Crippen molar-refractivity contribution in [3.8, 4) is 11.4 Å². The third kappa shape index (κ3) is 2.31. The Morgan fingerprint density at radius 3 is 2.82 bits per heavy atom. The van der Waals surface area contributed by atoms with Crippen molar-refractivity contribution in [2.24, 2.45) is 5.92 Å². The van der Waals surface area contributed by atoms with Gasteiger partial charge in [0.1, 0.15) is 11.4 Å². The minimum Gasteiger partial charge on any atom is -0.267 e. The van der Waals surface area contributed by atoms with Crippen molar-refractivity contribution >= 4 is 11.6 Å². The van der Waals surface area contributed by atoms with Crippen molar-refractivity contribution < 1.29 is 0 Å². The first-order valence-electron chi connectivity index (χ1n) is 5.76. The van der Waals surface area contributed by atoms with Gasteiger partial charge in [0.2, 0.25) is 0 Å². The molecule has 4 nitrogen and oxygen atoms in total. The molecule has 0 saturated heterocycles. The molecule has 0 aromatic carbocycles. The van der Waals surface area contributed by atoms with E-state index in [1.165, 1.54) is 12.8 Å². The van der Waals surface area contributed by atoms with Crippen molar-refractivity contribution in [1.29, 1.82) is 0 Å². The lowest BCUT2D eigenvalue weighted by molar-refractivity contribution is 0.549. The van der Waals surface area contributed by atoms with Gasteiger partial charge in [-0.15, -0.1) is 11.6 Å². The molecular formula is C12H13ClN4. The highest BCUT2D eigenvalue weighted by atomic mass is 35.5. The Bertz CT molecular complexity index is 504. The predicted molar refractivity (Wildman–Crippen MR) is 65.5 cm³/mol. The van der Waals surface area contributed by atoms with Crippen LogP contribution in [0.25, 0.3) is 11.4 Å². The largest absolute Gasteiger partial charge is 0.267 e. The Hall–Kier alpha value is -1.42. The van der Waals surface area contributed by atoms with Crippen LogP contribution in [0.3, 0.4) is 0 Å². The molecule has 0 bridgehead atoms. The third-order valence-electron chi connectivity index (χ3n) is 2.95. The first kappa shape index (κ1) is 10.7. The highest BCUT2D eigenvalue weighted by Gasteiger charge is 2.23. The second kappa shape index (κ2) is 4.45. The van der Waals surface area contributed by atoms with E-state index < -0.39 is 0 Å². The molecule has 0 N–H and O–H groups in total. The number of rotatable bonds is 4. The lowest BCUT2D eigenvalue weighted by atomic mass is 10.3. The first-order chi connectivity index (χ1) is 8.36. The van der Waals surface area contributed by atoms with Gasteiger partial charge in [-0.05, 0) is 24.8 Å². The zero-order chi connectivity index (χ0) is 11.7. The van der Waals surface area contributed by atoms with E-state index in [2.05, 4.69) is 15.1 Å². The molecule has 17 heavy (non-hydrogen) atoms. The molecule has 1 aliphatic carbocycles. The molecule has 2 aromatic rings. The fourth-order valence-corrected chi connectivity index (χ4v) is 2.04. The molecule has 1 aliphatic rings. The summed E-state index contributed by atoms with van der Waals surface area (Å²) < 4.78 is 2.01. The monoisotopic (exact) mass is 248 g/mol. The van der Waals surface area contributed by atoms with E-state index in [4.69, 9.17) is 11.6 Å². The van der Waals surface area contributed by atoms with E-state index in [1.807, 2.05) is 10.7 Å². The van der Waals surface area contributed by atoms with E-state index in [0.29, 0.717) is 5.88 Å². The van der Waals surface area contributed by atoms with Gasteiger partial charge in [-0.2, -0.15) is 5.10 Å². The summed E-state index contributed by atoms with van der Waals surface area (Å²) in [7, 11) is 0. The summed E-state index contributed by atoms with van der Waals surface area (Å²) in [6.45, 7) is 0.975. The van der Waals surface area contributed by atoms with E-state index in [-0.39, 0.29) is 0 Å². The molecule has 2 heterocycles. The van der Waals surface area contributed by atoms with Crippen molar-refractivity contribution in [1.82, 2.24) is 19.7 Å². The molecule has 0 radical (unpaired) electrons. The Morgan fingerprint density at radius 2 is 2.18 bits per heavy atom. The second-order valence-electron chi connectivity index (χ2n) is 4.37. The number of alkyl halides is 1. The summed E-state index contributed by atoms with van der Waals surface area (Å²) >= 11 is 5.94. The molecule has 2 aromatic heterocycles. The summed E-state index contributed by atoms with van der Waals surface area (Å²) in [5.41, 5.74) is 2.71. The Morgan fingerprint density at radius 1 is 1.29 bits per heavy atom. The third-order valence-corrected chi connectivity index (χ3v) is 3.23. The molecule has 0 spiro atoms. The summed E-state index contributed by atoms with van der Waals surface area (Å²) in [4.78, 5) is 8.31. The molecule has 1 saturated carbocycles. The molecule has 1 fully saturated rings. The van der Waals surface area contributed by atoms with E-state index in [9.17, 15) is 0 Å². The fraction of sp³-hybridized carbons (Fsp3) is 0.417. The number of hydrogen-bond acceptors (Lipinski definition) is 3. The number of nitrogens with zero attached hydrogens (tertiary/aromatic N) is 4. The Balaban J connectivity index is 1.92. The van der Waals surface area contributed by atoms with Crippen molar-refractivity contribution in [2.45, 2.75) is 25.3 Å². The van der Waals surface area contributed by atoms with Gasteiger partial charge in [-0.3, -0.25) is 14.6 Å². The van der Waals surface area contributed by atoms with Gasteiger partial charge in [0.05, 0.1) is 17.8 Å². The zero-order valence-electron chi connectivity index (χ0n) is 9.38. The highest BCUT2D eigenvalue weighted by Crippen LogP contribution is 2.31. The fourth-order valence-electron chi connectivity index (χ4n) is 1.82. The van der Waals surface area contributed by atoms with E-state index >= 15 is 0 Å². The van der Waals surface area contributed by atoms with Crippen molar-refractivity contribution in [3.05, 3.63) is 30.4 Å². The van der Waals surface area contributed by atoms with Gasteiger partial charge >= 0.3 is 0 Å². The van der Waals surface area contributed by atoms with Gasteiger partial charge in [0, 0.05) is 18.9 Å². The zero-order valence-corrected chi connectivity index (χ0v) is 10.1. The standard InChI is InChI=1S/C12H13ClN4/c13-6-10-5-11(12-7-14-3-4-15-12)16-17(10)8-9-1-2-9/h3-5,7,9H,1-2,6,8H2. The van der Waals surface area contributed by atoms with Crippen LogP contribution in [0.4, 0.5) is 0 Å². The molecule has 0 amide bonds. The maximum atomic E-state index is 5.94. The SMILES string of the molecule is ClCc1cc(-c2cnccn2)nn1CC1CC1. The summed E-state index contributed by atoms with van der Waals surface area (Å²) in [5, 5.41) is 4.56. The van der Waals surface area contributed by atoms with Gasteiger partial charge in [-0.25, -0.2) is 0 Å². The number of hydrogen-bond donors (Lipinski definition) is 0. The maximum absolute atomic E-state index is 5.94. The quantitative estimate of drug-likeness (QED) is 0.781. The minimum absolute atomic E-state index is 0.486. The topological polar surface area (TPSA) is 43.6 Å². The summed E-state index contributed by atoms with van der Waals surface area (Å²) in [6.07, 6.45) is 7.68. The van der Waals surface area contributed by atoms with E-state index in [0.717, 1.165) is 29.5 Å². The van der Waals surface area contributed by atoms with Crippen LogP contribution >= 0.6 is 11.6 Å². The summed E-state index contributed by atoms with van der Waals surface area (Å²) in [6, 6.07) is 2.00. The van der Waals surface area contributed by atoms with Gasteiger partial charge in [-0.1, -0.05) is 0 Å². The van der Waals surface area contributed by atoms with Crippen molar-refractivity contribution in [2.75, 3.05) is 0 Å². The number of aromatic nitrogens is 4. The average molecular weight is 249 g/mol. The Kier molecular flexibility index (Phi) is 2.81. The summed E-state index contributed by atoms with van der Waals surface area (Å²) in [5.74, 6) is 1.27. The van der Waals surface area contributed by atoms with E-state index in [1.54, 1.807) is 18.6 Å². The average Bonchev–Trinajstić information content (AvgIpc) is 3.09. The van der Waals surface area contributed by atoms with Gasteiger partial charge < -0.3 is 0 Å². The maximum Gasteiger partial charge on any atom is 0.113 e. The first-order valence-corrected chi connectivity index (χ1v) is 6.29.